The van der Waals surface area contributed by atoms with E-state index in [9.17, 15) is 14.9 Å². The Morgan fingerprint density at radius 2 is 1.97 bits per heavy atom. The number of methoxy groups -OCH3 is 2. The van der Waals surface area contributed by atoms with E-state index >= 15 is 0 Å². The van der Waals surface area contributed by atoms with Crippen LogP contribution >= 0.6 is 23.8 Å². The van der Waals surface area contributed by atoms with E-state index < -0.39 is 6.04 Å². The van der Waals surface area contributed by atoms with Gasteiger partial charge in [0.2, 0.25) is 0 Å². The van der Waals surface area contributed by atoms with Gasteiger partial charge in [-0.3, -0.25) is 4.79 Å². The zero-order valence-electron chi connectivity index (χ0n) is 20.7. The maximum absolute atomic E-state index is 13.5. The Balaban J connectivity index is 1.27. The van der Waals surface area contributed by atoms with Crippen molar-refractivity contribution in [3.8, 4) is 17.6 Å². The molecule has 37 heavy (non-hydrogen) atoms. The van der Waals surface area contributed by atoms with E-state index in [0.717, 1.165) is 12.0 Å². The first-order valence-corrected chi connectivity index (χ1v) is 12.7. The van der Waals surface area contributed by atoms with Crippen molar-refractivity contribution < 1.29 is 19.1 Å². The molecule has 3 heterocycles. The second-order valence-corrected chi connectivity index (χ2v) is 10.0. The van der Waals surface area contributed by atoms with Crippen LogP contribution in [0.5, 0.6) is 11.5 Å². The van der Waals surface area contributed by atoms with Gasteiger partial charge in [-0.05, 0) is 67.4 Å². The number of hydrogen-bond donors (Lipinski definition) is 1. The molecule has 11 heteroatoms. The summed E-state index contributed by atoms with van der Waals surface area (Å²) in [6.07, 6.45) is 1.42. The molecule has 1 N–H and O–H groups in total. The Hall–Kier alpha value is -3.55. The average Bonchev–Trinajstić information content (AvgIpc) is 3.57. The summed E-state index contributed by atoms with van der Waals surface area (Å²) in [5.74, 6) is 1.06. The highest BCUT2D eigenvalue weighted by atomic mass is 35.5. The number of thiocarbonyl (C=S) groups is 1. The monoisotopic (exact) mass is 539 g/mol. The van der Waals surface area contributed by atoms with Crippen LogP contribution in [0.15, 0.2) is 30.3 Å². The summed E-state index contributed by atoms with van der Waals surface area (Å²) in [5, 5.41) is 13.4. The van der Waals surface area contributed by atoms with E-state index in [-0.39, 0.29) is 29.0 Å². The van der Waals surface area contributed by atoms with Gasteiger partial charge in [-0.25, -0.2) is 9.69 Å². The van der Waals surface area contributed by atoms with Crippen molar-refractivity contribution in [1.29, 1.82) is 5.26 Å². The van der Waals surface area contributed by atoms with Crippen LogP contribution in [0.1, 0.15) is 23.1 Å². The topological polar surface area (TPSA) is 98.1 Å². The first-order valence-electron chi connectivity index (χ1n) is 11.9. The summed E-state index contributed by atoms with van der Waals surface area (Å²) in [5.41, 5.74) is 2.32. The maximum Gasteiger partial charge on any atom is 0.332 e. The minimum absolute atomic E-state index is 0.101. The highest BCUT2D eigenvalue weighted by Crippen LogP contribution is 2.43. The number of carbonyl (C=O) groups is 2. The van der Waals surface area contributed by atoms with Gasteiger partial charge < -0.3 is 24.6 Å². The summed E-state index contributed by atoms with van der Waals surface area (Å²) >= 11 is 12.0. The van der Waals surface area contributed by atoms with E-state index in [0.29, 0.717) is 52.9 Å². The van der Waals surface area contributed by atoms with E-state index in [2.05, 4.69) is 5.32 Å². The zero-order chi connectivity index (χ0) is 26.4. The predicted octanol–water partition coefficient (Wildman–Crippen LogP) is 3.25. The van der Waals surface area contributed by atoms with Crippen molar-refractivity contribution >= 4 is 46.6 Å². The lowest BCUT2D eigenvalue weighted by Crippen LogP contribution is -2.57. The van der Waals surface area contributed by atoms with Crippen LogP contribution in [0.3, 0.4) is 0 Å². The highest BCUT2D eigenvalue weighted by Gasteiger charge is 2.62. The lowest BCUT2D eigenvalue weighted by Gasteiger charge is -2.36. The number of anilines is 1. The fourth-order valence-corrected chi connectivity index (χ4v) is 6.08. The van der Waals surface area contributed by atoms with Gasteiger partial charge in [0.25, 0.3) is 5.91 Å². The highest BCUT2D eigenvalue weighted by molar-refractivity contribution is 7.80. The molecule has 3 unspecified atom stereocenters. The van der Waals surface area contributed by atoms with E-state index in [1.54, 1.807) is 32.1 Å². The van der Waals surface area contributed by atoms with Crippen LogP contribution in [0.2, 0.25) is 5.02 Å². The van der Waals surface area contributed by atoms with Crippen molar-refractivity contribution in [2.24, 2.45) is 0 Å². The van der Waals surface area contributed by atoms with Gasteiger partial charge >= 0.3 is 6.03 Å². The number of nitrogens with one attached hydrogen (secondary N) is 1. The van der Waals surface area contributed by atoms with Crippen LogP contribution < -0.4 is 19.7 Å². The van der Waals surface area contributed by atoms with Gasteiger partial charge in [0.15, 0.2) is 16.6 Å². The van der Waals surface area contributed by atoms with Gasteiger partial charge in [0.1, 0.15) is 12.1 Å². The number of piperazine rings is 1. The van der Waals surface area contributed by atoms with Crippen LogP contribution in [0, 0.1) is 18.3 Å². The molecule has 0 saturated carbocycles. The molecule has 3 fully saturated rings. The molecule has 0 spiro atoms. The lowest BCUT2D eigenvalue weighted by molar-refractivity contribution is -0.120. The predicted molar refractivity (Wildman–Crippen MR) is 142 cm³/mol. The number of fused-ring (bicyclic) bond motifs is 5. The number of benzene rings is 2. The van der Waals surface area contributed by atoms with E-state index in [4.69, 9.17) is 33.3 Å². The fourth-order valence-electron chi connectivity index (χ4n) is 5.57. The standard InChI is InChI=1S/C26H26ClN5O4S/c1-14-18(6-5-16(12-28)22(14)27)32-24(33)23-19-11-17(31(23)26(32)34)13-30(19)25(37)29-9-8-15-4-7-20(35-2)21(10-15)36-3/h4-7,10,17,19,23H,8-9,11,13H2,1-3H3,(H,29,37). The van der Waals surface area contributed by atoms with E-state index in [1.165, 1.54) is 11.0 Å². The number of hydrogen-bond acceptors (Lipinski definition) is 6. The molecule has 3 atom stereocenters. The summed E-state index contributed by atoms with van der Waals surface area (Å²) < 4.78 is 10.7. The van der Waals surface area contributed by atoms with Crippen LogP contribution in [-0.4, -0.2) is 72.3 Å². The molecule has 9 nitrogen and oxygen atoms in total. The van der Waals surface area contributed by atoms with Crippen molar-refractivity contribution in [1.82, 2.24) is 15.1 Å². The molecule has 3 amide bonds. The summed E-state index contributed by atoms with van der Waals surface area (Å²) in [6.45, 7) is 2.89. The van der Waals surface area contributed by atoms with Gasteiger partial charge in [-0.15, -0.1) is 0 Å². The first kappa shape index (κ1) is 25.1. The number of nitrogens with zero attached hydrogens (tertiary/aromatic N) is 4. The SMILES string of the molecule is COc1ccc(CCNC(=S)N2CC3CC2C2C(=O)N(c4ccc(C#N)c(Cl)c4C)C(=O)N32)cc1OC. The molecular weight excluding hydrogens is 514 g/mol. The third-order valence-electron chi connectivity index (χ3n) is 7.38. The number of halogens is 1. The molecule has 3 saturated heterocycles. The smallest absolute Gasteiger partial charge is 0.332 e. The quantitative estimate of drug-likeness (QED) is 0.441. The number of imide groups is 1. The number of carbonyl (C=O) groups excluding carboxylic acids is 2. The fraction of sp³-hybridized carbons (Fsp3) is 0.385. The normalized spacial score (nSPS) is 21.8. The molecule has 2 aromatic carbocycles. The summed E-state index contributed by atoms with van der Waals surface area (Å²) in [6, 6.07) is 9.72. The maximum atomic E-state index is 13.5. The number of ether oxygens (including phenoxy) is 2. The summed E-state index contributed by atoms with van der Waals surface area (Å²) in [7, 11) is 3.21. The molecule has 3 aliphatic rings. The largest absolute Gasteiger partial charge is 0.493 e. The van der Waals surface area contributed by atoms with Crippen molar-refractivity contribution in [2.45, 2.75) is 37.9 Å². The minimum Gasteiger partial charge on any atom is -0.493 e. The molecule has 3 aliphatic heterocycles. The zero-order valence-corrected chi connectivity index (χ0v) is 22.2. The van der Waals surface area contributed by atoms with Gasteiger partial charge in [0, 0.05) is 13.1 Å². The second-order valence-electron chi connectivity index (χ2n) is 9.27. The Morgan fingerprint density at radius 3 is 2.68 bits per heavy atom. The number of likely N-dealkylation sites (tertiary alicyclic amines) is 1. The van der Waals surface area contributed by atoms with Gasteiger partial charge in [-0.1, -0.05) is 17.7 Å². The number of urea groups is 1. The molecular formula is C26H26ClN5O4S. The van der Waals surface area contributed by atoms with Crippen molar-refractivity contribution in [3.63, 3.8) is 0 Å². The number of amides is 3. The molecule has 2 bridgehead atoms. The Bertz CT molecular complexity index is 1340. The second kappa shape index (κ2) is 9.72. The van der Waals surface area contributed by atoms with Crippen LogP contribution in [0.25, 0.3) is 0 Å². The van der Waals surface area contributed by atoms with Gasteiger partial charge in [-0.2, -0.15) is 5.26 Å². The molecule has 0 aromatic heterocycles. The molecule has 192 valence electrons. The number of nitriles is 1. The van der Waals surface area contributed by atoms with Crippen LogP contribution in [-0.2, 0) is 11.2 Å². The molecule has 0 aliphatic carbocycles. The number of rotatable bonds is 6. The average molecular weight is 540 g/mol. The van der Waals surface area contributed by atoms with Crippen molar-refractivity contribution in [2.75, 3.05) is 32.2 Å². The Morgan fingerprint density at radius 1 is 1.22 bits per heavy atom. The minimum atomic E-state index is -0.606. The third kappa shape index (κ3) is 4.03. The molecule has 2 aromatic rings. The van der Waals surface area contributed by atoms with Crippen LogP contribution in [0.4, 0.5) is 10.5 Å². The Labute approximate surface area is 225 Å². The molecule has 0 radical (unpaired) electrons. The van der Waals surface area contributed by atoms with E-state index in [1.807, 2.05) is 29.2 Å². The first-order chi connectivity index (χ1) is 17.8. The van der Waals surface area contributed by atoms with Crippen molar-refractivity contribution in [3.05, 3.63) is 52.0 Å². The lowest BCUT2D eigenvalue weighted by atomic mass is 10.1. The summed E-state index contributed by atoms with van der Waals surface area (Å²) in [4.78, 5) is 31.8. The van der Waals surface area contributed by atoms with Gasteiger partial charge in [0.05, 0.1) is 42.6 Å². The molecule has 5 rings (SSSR count). The Kier molecular flexibility index (Phi) is 6.60. The third-order valence-corrected chi connectivity index (χ3v) is 8.25.